The van der Waals surface area contributed by atoms with Gasteiger partial charge in [0.05, 0.1) is 25.0 Å². The molecule has 0 aliphatic rings. The van der Waals surface area contributed by atoms with Gasteiger partial charge >= 0.3 is 0 Å². The molecular formula is C22H18O10. The molecule has 0 bridgehead atoms. The molecule has 4 rings (SSSR count). The highest BCUT2D eigenvalue weighted by atomic mass is 16.5. The maximum absolute atomic E-state index is 10.6. The number of fused-ring (bicyclic) bond motifs is 2. The number of methoxy groups -OCH3 is 2. The summed E-state index contributed by atoms with van der Waals surface area (Å²) in [5.74, 6) is -5.15. The van der Waals surface area contributed by atoms with Gasteiger partial charge in [0.25, 0.3) is 0 Å². The molecule has 10 nitrogen and oxygen atoms in total. The van der Waals surface area contributed by atoms with Crippen molar-refractivity contribution in [1.29, 1.82) is 0 Å². The Balaban J connectivity index is 2.38. The van der Waals surface area contributed by atoms with Gasteiger partial charge in [0.1, 0.15) is 34.5 Å². The Morgan fingerprint density at radius 2 is 0.750 bits per heavy atom. The van der Waals surface area contributed by atoms with Crippen LogP contribution in [-0.2, 0) is 0 Å². The molecule has 166 valence electrons. The number of benzene rings is 4. The zero-order chi connectivity index (χ0) is 23.5. The highest BCUT2D eigenvalue weighted by molar-refractivity contribution is 6.18. The molecule has 0 atom stereocenters. The van der Waals surface area contributed by atoms with E-state index in [-0.39, 0.29) is 44.2 Å². The Morgan fingerprint density at radius 3 is 1.06 bits per heavy atom. The van der Waals surface area contributed by atoms with Gasteiger partial charge in [0.15, 0.2) is 23.0 Å². The van der Waals surface area contributed by atoms with Gasteiger partial charge < -0.3 is 50.3 Å². The van der Waals surface area contributed by atoms with Crippen molar-refractivity contribution in [3.63, 3.8) is 0 Å². The molecule has 0 aromatic heterocycles. The minimum absolute atomic E-state index is 0.0182. The van der Waals surface area contributed by atoms with E-state index in [9.17, 15) is 40.9 Å². The second-order valence-electron chi connectivity index (χ2n) is 6.97. The summed E-state index contributed by atoms with van der Waals surface area (Å²) in [6.45, 7) is 0. The van der Waals surface area contributed by atoms with Crippen molar-refractivity contribution in [3.8, 4) is 68.6 Å². The minimum Gasteiger partial charge on any atom is -0.507 e. The van der Waals surface area contributed by atoms with Crippen LogP contribution in [0, 0.1) is 0 Å². The first-order valence-electron chi connectivity index (χ1n) is 9.07. The fraction of sp³-hybridized carbons (Fsp3) is 0.0909. The molecule has 0 aliphatic carbocycles. The van der Waals surface area contributed by atoms with Gasteiger partial charge in [-0.15, -0.1) is 0 Å². The van der Waals surface area contributed by atoms with E-state index < -0.39 is 46.0 Å². The van der Waals surface area contributed by atoms with Gasteiger partial charge in [-0.2, -0.15) is 0 Å². The molecular weight excluding hydrogens is 424 g/mol. The largest absolute Gasteiger partial charge is 0.507 e. The minimum atomic E-state index is -0.731. The van der Waals surface area contributed by atoms with Crippen LogP contribution in [0.2, 0.25) is 0 Å². The van der Waals surface area contributed by atoms with Crippen molar-refractivity contribution in [2.45, 2.75) is 0 Å². The number of rotatable bonds is 3. The number of phenols is 8. The highest BCUT2D eigenvalue weighted by Gasteiger charge is 2.29. The second kappa shape index (κ2) is 6.98. The summed E-state index contributed by atoms with van der Waals surface area (Å²) < 4.78 is 10.7. The molecule has 0 aliphatic heterocycles. The van der Waals surface area contributed by atoms with E-state index >= 15 is 0 Å². The summed E-state index contributed by atoms with van der Waals surface area (Å²) in [6.07, 6.45) is 0. The van der Waals surface area contributed by atoms with Crippen molar-refractivity contribution in [2.75, 3.05) is 14.2 Å². The zero-order valence-corrected chi connectivity index (χ0v) is 16.7. The van der Waals surface area contributed by atoms with Gasteiger partial charge in [-0.05, 0) is 0 Å². The highest BCUT2D eigenvalue weighted by Crippen LogP contribution is 2.57. The molecule has 10 heteroatoms. The Morgan fingerprint density at radius 1 is 0.438 bits per heavy atom. The third-order valence-electron chi connectivity index (χ3n) is 5.25. The summed E-state index contributed by atoms with van der Waals surface area (Å²) in [5.41, 5.74) is -0.0364. The number of ether oxygens (including phenoxy) is 2. The van der Waals surface area contributed by atoms with Crippen LogP contribution in [0.25, 0.3) is 32.7 Å². The van der Waals surface area contributed by atoms with Crippen LogP contribution in [0.4, 0.5) is 0 Å². The lowest BCUT2D eigenvalue weighted by Crippen LogP contribution is -1.96. The van der Waals surface area contributed by atoms with Gasteiger partial charge in [-0.1, -0.05) is 0 Å². The van der Waals surface area contributed by atoms with Gasteiger partial charge in [0.2, 0.25) is 0 Å². The molecule has 0 fully saturated rings. The maximum Gasteiger partial charge on any atom is 0.169 e. The fourth-order valence-corrected chi connectivity index (χ4v) is 3.90. The lowest BCUT2D eigenvalue weighted by atomic mass is 9.89. The van der Waals surface area contributed by atoms with Gasteiger partial charge in [-0.25, -0.2) is 0 Å². The number of aromatic hydroxyl groups is 8. The van der Waals surface area contributed by atoms with Crippen LogP contribution >= 0.6 is 0 Å². The maximum atomic E-state index is 10.6. The monoisotopic (exact) mass is 442 g/mol. The van der Waals surface area contributed by atoms with Crippen LogP contribution in [0.5, 0.6) is 57.5 Å². The molecule has 0 saturated heterocycles. The van der Waals surface area contributed by atoms with E-state index in [0.29, 0.717) is 0 Å². The first-order chi connectivity index (χ1) is 15.1. The number of hydrogen-bond acceptors (Lipinski definition) is 10. The third-order valence-corrected chi connectivity index (χ3v) is 5.25. The summed E-state index contributed by atoms with van der Waals surface area (Å²) in [6, 6.07) is 3.90. The fourth-order valence-electron chi connectivity index (χ4n) is 3.90. The van der Waals surface area contributed by atoms with E-state index in [1.54, 1.807) is 0 Å². The van der Waals surface area contributed by atoms with E-state index in [2.05, 4.69) is 0 Å². The Bertz CT molecular complexity index is 1320. The topological polar surface area (TPSA) is 180 Å². The second-order valence-corrected chi connectivity index (χ2v) is 6.97. The van der Waals surface area contributed by atoms with E-state index in [1.807, 2.05) is 0 Å². The Kier molecular flexibility index (Phi) is 4.51. The predicted octanol–water partition coefficient (Wildman–Crippen LogP) is 3.32. The van der Waals surface area contributed by atoms with Crippen molar-refractivity contribution in [3.05, 3.63) is 24.3 Å². The van der Waals surface area contributed by atoms with Gasteiger partial charge in [-0.3, -0.25) is 0 Å². The van der Waals surface area contributed by atoms with Crippen LogP contribution in [0.1, 0.15) is 0 Å². The van der Waals surface area contributed by atoms with Crippen molar-refractivity contribution in [2.24, 2.45) is 0 Å². The lowest BCUT2D eigenvalue weighted by Gasteiger charge is -2.21. The van der Waals surface area contributed by atoms with E-state index in [4.69, 9.17) is 9.47 Å². The van der Waals surface area contributed by atoms with E-state index in [1.165, 1.54) is 14.2 Å². The first kappa shape index (κ1) is 20.7. The van der Waals surface area contributed by atoms with Gasteiger partial charge in [0, 0.05) is 46.2 Å². The Hall–Kier alpha value is -4.60. The van der Waals surface area contributed by atoms with Crippen molar-refractivity contribution < 1.29 is 50.3 Å². The third kappa shape index (κ3) is 2.66. The molecule has 0 spiro atoms. The summed E-state index contributed by atoms with van der Waals surface area (Å²) >= 11 is 0. The number of phenolic OH excluding ortho intramolecular Hbond substituents is 8. The normalized spacial score (nSPS) is 11.2. The smallest absolute Gasteiger partial charge is 0.169 e. The van der Waals surface area contributed by atoms with Crippen LogP contribution in [0.3, 0.4) is 0 Å². The molecule has 32 heavy (non-hydrogen) atoms. The standard InChI is InChI=1S/C22H18O10/c1-31-13-5-9(25)17-15(7(23)3-11(27)21(17)29)19(13)20-14(32-2)6-10(26)18-16(20)8(24)4-12(28)22(18)30/h3-6,23-30H,1-2H3. The summed E-state index contributed by atoms with van der Waals surface area (Å²) in [4.78, 5) is 0. The lowest BCUT2D eigenvalue weighted by molar-refractivity contribution is 0.394. The van der Waals surface area contributed by atoms with Crippen LogP contribution in [-0.4, -0.2) is 55.1 Å². The molecule has 0 radical (unpaired) electrons. The SMILES string of the molecule is COc1cc(O)c2c(O)c(O)cc(O)c2c1-c1c(OC)cc(O)c2c(O)c(O)cc(O)c12. The average Bonchev–Trinajstić information content (AvgIpc) is 2.74. The molecule has 0 amide bonds. The molecule has 0 heterocycles. The van der Waals surface area contributed by atoms with E-state index in [0.717, 1.165) is 24.3 Å². The summed E-state index contributed by atoms with van der Waals surface area (Å²) in [5, 5.41) is 81.7. The molecule has 4 aromatic carbocycles. The molecule has 4 aromatic rings. The number of hydrogen-bond donors (Lipinski definition) is 8. The quantitative estimate of drug-likeness (QED) is 0.173. The molecule has 0 saturated carbocycles. The van der Waals surface area contributed by atoms with Crippen LogP contribution in [0.15, 0.2) is 24.3 Å². The molecule has 0 unspecified atom stereocenters. The molecule has 8 N–H and O–H groups in total. The van der Waals surface area contributed by atoms with Crippen LogP contribution < -0.4 is 9.47 Å². The first-order valence-corrected chi connectivity index (χ1v) is 9.07. The predicted molar refractivity (Wildman–Crippen MR) is 113 cm³/mol. The zero-order valence-electron chi connectivity index (χ0n) is 16.7. The average molecular weight is 442 g/mol. The van der Waals surface area contributed by atoms with Crippen molar-refractivity contribution >= 4 is 21.5 Å². The summed E-state index contributed by atoms with van der Waals surface area (Å²) in [7, 11) is 2.53. The van der Waals surface area contributed by atoms with Crippen molar-refractivity contribution in [1.82, 2.24) is 0 Å². The Labute approximate surface area is 179 Å².